The molecule has 0 aliphatic rings. The molecule has 0 bridgehead atoms. The first-order chi connectivity index (χ1) is 15.1. The third kappa shape index (κ3) is 6.32. The van der Waals surface area contributed by atoms with Crippen LogP contribution in [0.2, 0.25) is 0 Å². The summed E-state index contributed by atoms with van der Waals surface area (Å²) in [6.07, 6.45) is 5.75. The first-order valence-electron chi connectivity index (χ1n) is 10.6. The molecule has 31 heavy (non-hydrogen) atoms. The molecule has 1 heterocycles. The summed E-state index contributed by atoms with van der Waals surface area (Å²) >= 11 is 0. The number of unbranched alkanes of at least 4 members (excludes halogenated alkanes) is 1. The first-order valence-corrected chi connectivity index (χ1v) is 10.6. The lowest BCUT2D eigenvalue weighted by Gasteiger charge is -2.22. The molecule has 3 rings (SSSR count). The highest BCUT2D eigenvalue weighted by Crippen LogP contribution is 2.17. The second kappa shape index (κ2) is 11.2. The van der Waals surface area contributed by atoms with Crippen LogP contribution in [0.1, 0.15) is 41.4 Å². The quantitative estimate of drug-likeness (QED) is 0.295. The maximum absolute atomic E-state index is 13.5. The van der Waals surface area contributed by atoms with Gasteiger partial charge in [-0.15, -0.1) is 6.58 Å². The van der Waals surface area contributed by atoms with Crippen molar-refractivity contribution < 1.29 is 13.9 Å². The Hall–Kier alpha value is -3.34. The third-order valence-electron chi connectivity index (χ3n) is 5.02. The Balaban J connectivity index is 1.70. The van der Waals surface area contributed by atoms with Gasteiger partial charge in [0.15, 0.2) is 0 Å². The van der Waals surface area contributed by atoms with Crippen molar-refractivity contribution in [3.8, 4) is 5.75 Å². The maximum Gasteiger partial charge on any atom is 0.254 e. The molecule has 0 radical (unpaired) electrons. The minimum atomic E-state index is -0.253. The van der Waals surface area contributed by atoms with Crippen molar-refractivity contribution in [3.63, 3.8) is 0 Å². The number of ether oxygens (including phenoxy) is 1. The van der Waals surface area contributed by atoms with Gasteiger partial charge in [0, 0.05) is 30.5 Å². The summed E-state index contributed by atoms with van der Waals surface area (Å²) in [6.45, 7) is 8.00. The Kier molecular flexibility index (Phi) is 8.05. The van der Waals surface area contributed by atoms with Gasteiger partial charge in [-0.05, 0) is 60.5 Å². The number of carbonyl (C=O) groups is 1. The zero-order valence-electron chi connectivity index (χ0n) is 18.0. The van der Waals surface area contributed by atoms with Crippen LogP contribution in [0, 0.1) is 5.82 Å². The van der Waals surface area contributed by atoms with Gasteiger partial charge in [-0.2, -0.15) is 0 Å². The molecular formula is C26H29FN2O2. The molecule has 0 unspecified atom stereocenters. The Morgan fingerprint density at radius 2 is 1.97 bits per heavy atom. The molecule has 1 amide bonds. The van der Waals surface area contributed by atoms with E-state index in [2.05, 4.69) is 13.5 Å². The molecule has 0 aliphatic carbocycles. The van der Waals surface area contributed by atoms with Crippen LogP contribution >= 0.6 is 0 Å². The predicted octanol–water partition coefficient (Wildman–Crippen LogP) is 5.68. The number of rotatable bonds is 11. The van der Waals surface area contributed by atoms with Gasteiger partial charge in [-0.25, -0.2) is 4.39 Å². The Labute approximate surface area is 183 Å². The number of hydrogen-bond acceptors (Lipinski definition) is 2. The zero-order chi connectivity index (χ0) is 22.1. The summed E-state index contributed by atoms with van der Waals surface area (Å²) in [6, 6.07) is 17.7. The fourth-order valence-electron chi connectivity index (χ4n) is 3.36. The maximum atomic E-state index is 13.5. The van der Waals surface area contributed by atoms with Gasteiger partial charge >= 0.3 is 0 Å². The normalized spacial score (nSPS) is 10.6. The minimum Gasteiger partial charge on any atom is -0.494 e. The summed E-state index contributed by atoms with van der Waals surface area (Å²) in [5.74, 6) is 0.444. The first kappa shape index (κ1) is 22.3. The fourth-order valence-corrected chi connectivity index (χ4v) is 3.36. The molecule has 0 saturated heterocycles. The van der Waals surface area contributed by atoms with E-state index in [1.165, 1.54) is 12.1 Å². The second-order valence-electron chi connectivity index (χ2n) is 7.46. The van der Waals surface area contributed by atoms with Gasteiger partial charge in [-0.1, -0.05) is 31.6 Å². The van der Waals surface area contributed by atoms with Crippen LogP contribution in [0.4, 0.5) is 4.39 Å². The molecule has 3 aromatic rings. The summed E-state index contributed by atoms with van der Waals surface area (Å²) in [5, 5.41) is 0. The van der Waals surface area contributed by atoms with E-state index in [9.17, 15) is 9.18 Å². The number of amides is 1. The number of carbonyl (C=O) groups excluding carboxylic acids is 1. The second-order valence-corrected chi connectivity index (χ2v) is 7.46. The number of benzene rings is 2. The number of aromatic nitrogens is 1. The molecule has 0 fully saturated rings. The standard InChI is InChI=1S/C26H29FN2O2/c1-3-5-17-31-25-13-11-22(12-14-25)26(30)29(15-4-2)20-24-10-7-16-28(24)19-21-8-6-9-23(27)18-21/h4,6-14,16,18H,2-3,5,15,17,19-20H2,1H3. The SMILES string of the molecule is C=CCN(Cc1cccn1Cc1cccc(F)c1)C(=O)c1ccc(OCCCC)cc1. The predicted molar refractivity (Wildman–Crippen MR) is 122 cm³/mol. The molecule has 2 aromatic carbocycles. The fraction of sp³-hybridized carbons (Fsp3) is 0.269. The van der Waals surface area contributed by atoms with Gasteiger partial charge in [0.25, 0.3) is 5.91 Å². The Bertz CT molecular complexity index is 995. The van der Waals surface area contributed by atoms with Crippen molar-refractivity contribution >= 4 is 5.91 Å². The summed E-state index contributed by atoms with van der Waals surface area (Å²) in [4.78, 5) is 14.9. The van der Waals surface area contributed by atoms with Crippen LogP contribution in [0.5, 0.6) is 5.75 Å². The van der Waals surface area contributed by atoms with Crippen molar-refractivity contribution in [2.75, 3.05) is 13.2 Å². The van der Waals surface area contributed by atoms with Gasteiger partial charge in [0.1, 0.15) is 11.6 Å². The highest BCUT2D eigenvalue weighted by atomic mass is 19.1. The monoisotopic (exact) mass is 420 g/mol. The number of nitrogens with zero attached hydrogens (tertiary/aromatic N) is 2. The summed E-state index contributed by atoms with van der Waals surface area (Å²) < 4.78 is 21.2. The van der Waals surface area contributed by atoms with E-state index >= 15 is 0 Å². The van der Waals surface area contributed by atoms with E-state index in [4.69, 9.17) is 4.74 Å². The molecular weight excluding hydrogens is 391 g/mol. The molecule has 162 valence electrons. The zero-order valence-corrected chi connectivity index (χ0v) is 18.0. The lowest BCUT2D eigenvalue weighted by molar-refractivity contribution is 0.0759. The number of halogens is 1. The van der Waals surface area contributed by atoms with Gasteiger partial charge in [0.2, 0.25) is 0 Å². The van der Waals surface area contributed by atoms with Crippen LogP contribution < -0.4 is 4.74 Å². The molecule has 0 atom stereocenters. The third-order valence-corrected chi connectivity index (χ3v) is 5.02. The summed E-state index contributed by atoms with van der Waals surface area (Å²) in [7, 11) is 0. The largest absolute Gasteiger partial charge is 0.494 e. The van der Waals surface area contributed by atoms with Gasteiger partial charge in [-0.3, -0.25) is 4.79 Å². The number of hydrogen-bond donors (Lipinski definition) is 0. The molecule has 5 heteroatoms. The molecule has 0 aliphatic heterocycles. The van der Waals surface area contributed by atoms with E-state index in [1.807, 2.05) is 41.1 Å². The average molecular weight is 421 g/mol. The van der Waals surface area contributed by atoms with E-state index in [0.29, 0.717) is 31.8 Å². The highest BCUT2D eigenvalue weighted by Gasteiger charge is 2.17. The highest BCUT2D eigenvalue weighted by molar-refractivity contribution is 5.94. The van der Waals surface area contributed by atoms with Crippen molar-refractivity contribution in [3.05, 3.63) is 102 Å². The molecule has 0 spiro atoms. The smallest absolute Gasteiger partial charge is 0.254 e. The van der Waals surface area contributed by atoms with E-state index < -0.39 is 0 Å². The topological polar surface area (TPSA) is 34.5 Å². The van der Waals surface area contributed by atoms with Crippen LogP contribution in [0.3, 0.4) is 0 Å². The van der Waals surface area contributed by atoms with Crippen LogP contribution in [0.25, 0.3) is 0 Å². The summed E-state index contributed by atoms with van der Waals surface area (Å²) in [5.41, 5.74) is 2.45. The molecule has 0 saturated carbocycles. The van der Waals surface area contributed by atoms with Crippen LogP contribution in [-0.4, -0.2) is 28.5 Å². The minimum absolute atomic E-state index is 0.0708. The van der Waals surface area contributed by atoms with Crippen molar-refractivity contribution in [1.29, 1.82) is 0 Å². The molecule has 1 aromatic heterocycles. The lowest BCUT2D eigenvalue weighted by atomic mass is 10.1. The van der Waals surface area contributed by atoms with Crippen LogP contribution in [0.15, 0.2) is 79.5 Å². The van der Waals surface area contributed by atoms with Crippen LogP contribution in [-0.2, 0) is 13.1 Å². The Morgan fingerprint density at radius 3 is 2.68 bits per heavy atom. The van der Waals surface area contributed by atoms with Crippen molar-refractivity contribution in [2.45, 2.75) is 32.9 Å². The Morgan fingerprint density at radius 1 is 1.16 bits per heavy atom. The molecule has 4 nitrogen and oxygen atoms in total. The van der Waals surface area contributed by atoms with Crippen molar-refractivity contribution in [2.24, 2.45) is 0 Å². The average Bonchev–Trinajstić information content (AvgIpc) is 3.20. The van der Waals surface area contributed by atoms with E-state index in [1.54, 1.807) is 29.2 Å². The lowest BCUT2D eigenvalue weighted by Crippen LogP contribution is -2.31. The van der Waals surface area contributed by atoms with E-state index in [0.717, 1.165) is 29.8 Å². The molecule has 0 N–H and O–H groups in total. The van der Waals surface area contributed by atoms with Crippen molar-refractivity contribution in [1.82, 2.24) is 9.47 Å². The van der Waals surface area contributed by atoms with E-state index in [-0.39, 0.29) is 11.7 Å². The van der Waals surface area contributed by atoms with Gasteiger partial charge in [0.05, 0.1) is 13.2 Å². The van der Waals surface area contributed by atoms with Gasteiger partial charge < -0.3 is 14.2 Å².